The SMILES string of the molecule is NCC(Cc1ccc(O)c(F)c1)C(=O)O. The van der Waals surface area contributed by atoms with Gasteiger partial charge < -0.3 is 15.9 Å². The second-order valence-electron chi connectivity index (χ2n) is 3.26. The van der Waals surface area contributed by atoms with Crippen LogP contribution in [0, 0.1) is 11.7 Å². The summed E-state index contributed by atoms with van der Waals surface area (Å²) < 4.78 is 12.9. The van der Waals surface area contributed by atoms with Gasteiger partial charge in [0.2, 0.25) is 0 Å². The summed E-state index contributed by atoms with van der Waals surface area (Å²) in [6.07, 6.45) is 0.156. The molecule has 82 valence electrons. The van der Waals surface area contributed by atoms with Crippen LogP contribution in [0.5, 0.6) is 5.75 Å². The number of hydrogen-bond acceptors (Lipinski definition) is 3. The van der Waals surface area contributed by atoms with Gasteiger partial charge in [-0.3, -0.25) is 4.79 Å². The Balaban J connectivity index is 2.80. The third-order valence-corrected chi connectivity index (χ3v) is 2.13. The minimum absolute atomic E-state index is 0.00215. The molecule has 0 aromatic heterocycles. The number of halogens is 1. The third-order valence-electron chi connectivity index (χ3n) is 2.13. The standard InChI is InChI=1S/C10H12FNO3/c11-8-4-6(1-2-9(8)13)3-7(5-12)10(14)15/h1-2,4,7,13H,3,5,12H2,(H,14,15). The Morgan fingerprint density at radius 3 is 2.67 bits per heavy atom. The van der Waals surface area contributed by atoms with Crippen molar-refractivity contribution < 1.29 is 19.4 Å². The largest absolute Gasteiger partial charge is 0.505 e. The molecule has 0 heterocycles. The quantitative estimate of drug-likeness (QED) is 0.688. The highest BCUT2D eigenvalue weighted by molar-refractivity contribution is 5.70. The molecule has 4 nitrogen and oxygen atoms in total. The number of aromatic hydroxyl groups is 1. The summed E-state index contributed by atoms with van der Waals surface area (Å²) in [4.78, 5) is 10.7. The molecule has 0 spiro atoms. The Kier molecular flexibility index (Phi) is 3.62. The summed E-state index contributed by atoms with van der Waals surface area (Å²) in [6, 6.07) is 3.78. The lowest BCUT2D eigenvalue weighted by Crippen LogP contribution is -2.25. The summed E-state index contributed by atoms with van der Waals surface area (Å²) >= 11 is 0. The van der Waals surface area contributed by atoms with Gasteiger partial charge in [0.15, 0.2) is 11.6 Å². The van der Waals surface area contributed by atoms with Crippen molar-refractivity contribution >= 4 is 5.97 Å². The van der Waals surface area contributed by atoms with Crippen LogP contribution in [0.3, 0.4) is 0 Å². The second kappa shape index (κ2) is 4.75. The van der Waals surface area contributed by atoms with E-state index in [4.69, 9.17) is 15.9 Å². The Morgan fingerprint density at radius 1 is 1.53 bits per heavy atom. The summed E-state index contributed by atoms with van der Waals surface area (Å²) in [5.41, 5.74) is 5.77. The maximum absolute atomic E-state index is 12.9. The lowest BCUT2D eigenvalue weighted by molar-refractivity contribution is -0.141. The summed E-state index contributed by atoms with van der Waals surface area (Å²) in [6.45, 7) is -0.00215. The van der Waals surface area contributed by atoms with Crippen LogP contribution < -0.4 is 5.73 Å². The minimum atomic E-state index is -1.01. The Labute approximate surface area is 86.1 Å². The average Bonchev–Trinajstić information content (AvgIpc) is 2.19. The van der Waals surface area contributed by atoms with E-state index in [-0.39, 0.29) is 13.0 Å². The van der Waals surface area contributed by atoms with Gasteiger partial charge >= 0.3 is 5.97 Å². The average molecular weight is 213 g/mol. The molecule has 1 unspecified atom stereocenters. The van der Waals surface area contributed by atoms with E-state index < -0.39 is 23.5 Å². The van der Waals surface area contributed by atoms with Crippen molar-refractivity contribution in [2.75, 3.05) is 6.54 Å². The van der Waals surface area contributed by atoms with Gasteiger partial charge in [-0.15, -0.1) is 0 Å². The fraction of sp³-hybridized carbons (Fsp3) is 0.300. The molecule has 0 aliphatic carbocycles. The molecule has 15 heavy (non-hydrogen) atoms. The van der Waals surface area contributed by atoms with Gasteiger partial charge in [0.05, 0.1) is 5.92 Å². The lowest BCUT2D eigenvalue weighted by Gasteiger charge is -2.09. The Morgan fingerprint density at radius 2 is 2.20 bits per heavy atom. The molecule has 0 saturated carbocycles. The zero-order chi connectivity index (χ0) is 11.4. The Bertz CT molecular complexity index is 368. The minimum Gasteiger partial charge on any atom is -0.505 e. The molecular weight excluding hydrogens is 201 g/mol. The van der Waals surface area contributed by atoms with Gasteiger partial charge in [0, 0.05) is 6.54 Å². The van der Waals surface area contributed by atoms with Gasteiger partial charge in [0.1, 0.15) is 0 Å². The smallest absolute Gasteiger partial charge is 0.308 e. The first-order valence-corrected chi connectivity index (χ1v) is 4.45. The van der Waals surface area contributed by atoms with E-state index >= 15 is 0 Å². The monoisotopic (exact) mass is 213 g/mol. The van der Waals surface area contributed by atoms with Crippen LogP contribution >= 0.6 is 0 Å². The molecule has 1 atom stereocenters. The number of carboxylic acid groups (broad SMARTS) is 1. The van der Waals surface area contributed by atoms with Crippen molar-refractivity contribution in [3.63, 3.8) is 0 Å². The normalized spacial score (nSPS) is 12.4. The first-order chi connectivity index (χ1) is 7.04. The van der Waals surface area contributed by atoms with E-state index in [0.717, 1.165) is 6.07 Å². The number of benzene rings is 1. The number of rotatable bonds is 4. The lowest BCUT2D eigenvalue weighted by atomic mass is 9.99. The van der Waals surface area contributed by atoms with E-state index in [2.05, 4.69) is 0 Å². The molecule has 0 amide bonds. The topological polar surface area (TPSA) is 83.5 Å². The molecule has 0 bridgehead atoms. The first kappa shape index (κ1) is 11.5. The number of aliphatic carboxylic acids is 1. The van der Waals surface area contributed by atoms with E-state index in [0.29, 0.717) is 5.56 Å². The molecule has 1 aromatic rings. The van der Waals surface area contributed by atoms with Crippen molar-refractivity contribution in [2.24, 2.45) is 11.7 Å². The summed E-state index contributed by atoms with van der Waals surface area (Å²) in [5, 5.41) is 17.7. The molecule has 1 aromatic carbocycles. The molecule has 0 radical (unpaired) electrons. The van der Waals surface area contributed by atoms with Crippen molar-refractivity contribution in [3.05, 3.63) is 29.6 Å². The van der Waals surface area contributed by atoms with Crippen LogP contribution in [0.4, 0.5) is 4.39 Å². The highest BCUT2D eigenvalue weighted by atomic mass is 19.1. The number of phenols is 1. The van der Waals surface area contributed by atoms with Crippen molar-refractivity contribution in [1.29, 1.82) is 0 Å². The highest BCUT2D eigenvalue weighted by Gasteiger charge is 2.16. The fourth-order valence-electron chi connectivity index (χ4n) is 1.23. The van der Waals surface area contributed by atoms with Crippen molar-refractivity contribution in [3.8, 4) is 5.75 Å². The van der Waals surface area contributed by atoms with E-state index in [1.54, 1.807) is 0 Å². The zero-order valence-corrected chi connectivity index (χ0v) is 7.98. The molecule has 0 saturated heterocycles. The number of phenolic OH excluding ortho intramolecular Hbond substituents is 1. The van der Waals surface area contributed by atoms with Crippen LogP contribution in [0.25, 0.3) is 0 Å². The number of nitrogens with two attached hydrogens (primary N) is 1. The molecule has 4 N–H and O–H groups in total. The highest BCUT2D eigenvalue weighted by Crippen LogP contribution is 2.18. The third kappa shape index (κ3) is 2.92. The van der Waals surface area contributed by atoms with E-state index in [9.17, 15) is 9.18 Å². The number of carbonyl (C=O) groups is 1. The molecule has 0 fully saturated rings. The van der Waals surface area contributed by atoms with Crippen LogP contribution in [0.15, 0.2) is 18.2 Å². The molecular formula is C10H12FNO3. The van der Waals surface area contributed by atoms with Gasteiger partial charge in [-0.25, -0.2) is 4.39 Å². The van der Waals surface area contributed by atoms with Gasteiger partial charge in [-0.2, -0.15) is 0 Å². The van der Waals surface area contributed by atoms with Gasteiger partial charge in [0.25, 0.3) is 0 Å². The molecule has 0 aliphatic rings. The second-order valence-corrected chi connectivity index (χ2v) is 3.26. The first-order valence-electron chi connectivity index (χ1n) is 4.45. The molecule has 5 heteroatoms. The van der Waals surface area contributed by atoms with Crippen molar-refractivity contribution in [1.82, 2.24) is 0 Å². The predicted molar refractivity (Wildman–Crippen MR) is 51.9 cm³/mol. The zero-order valence-electron chi connectivity index (χ0n) is 7.98. The van der Waals surface area contributed by atoms with Crippen LogP contribution in [0.2, 0.25) is 0 Å². The fourth-order valence-corrected chi connectivity index (χ4v) is 1.23. The predicted octanol–water partition coefficient (Wildman–Crippen LogP) is 0.733. The van der Waals surface area contributed by atoms with Crippen LogP contribution in [-0.2, 0) is 11.2 Å². The van der Waals surface area contributed by atoms with Crippen LogP contribution in [-0.4, -0.2) is 22.7 Å². The van der Waals surface area contributed by atoms with E-state index in [1.807, 2.05) is 0 Å². The van der Waals surface area contributed by atoms with Crippen molar-refractivity contribution in [2.45, 2.75) is 6.42 Å². The maximum atomic E-state index is 12.9. The molecule has 0 aliphatic heterocycles. The maximum Gasteiger partial charge on any atom is 0.308 e. The number of carboxylic acids is 1. The van der Waals surface area contributed by atoms with Gasteiger partial charge in [-0.1, -0.05) is 6.07 Å². The summed E-state index contributed by atoms with van der Waals surface area (Å²) in [7, 11) is 0. The Hall–Kier alpha value is -1.62. The van der Waals surface area contributed by atoms with E-state index in [1.165, 1.54) is 12.1 Å². The number of hydrogen-bond donors (Lipinski definition) is 3. The van der Waals surface area contributed by atoms with Crippen LogP contribution in [0.1, 0.15) is 5.56 Å². The molecule has 1 rings (SSSR count). The van der Waals surface area contributed by atoms with Gasteiger partial charge in [-0.05, 0) is 24.1 Å². The summed E-state index contributed by atoms with van der Waals surface area (Å²) in [5.74, 6) is -2.94.